The van der Waals surface area contributed by atoms with Gasteiger partial charge in [0.05, 0.1) is 0 Å². The molecule has 1 N–H and O–H groups in total. The van der Waals surface area contributed by atoms with Crippen molar-refractivity contribution in [2.75, 3.05) is 11.9 Å². The van der Waals surface area contributed by atoms with Crippen LogP contribution < -0.4 is 5.32 Å². The lowest BCUT2D eigenvalue weighted by Crippen LogP contribution is -2.06. The monoisotopic (exact) mass is 294 g/mol. The summed E-state index contributed by atoms with van der Waals surface area (Å²) in [5.74, 6) is 0.264. The molecule has 0 saturated carbocycles. The van der Waals surface area contributed by atoms with Crippen LogP contribution in [0.2, 0.25) is 0 Å². The number of nitrogens with zero attached hydrogens (tertiary/aromatic N) is 3. The number of aryl methyl sites for hydroxylation is 1. The first-order valence-corrected chi connectivity index (χ1v) is 6.89. The lowest BCUT2D eigenvalue weighted by Gasteiger charge is -1.98. The number of rotatable bonds is 7. The largest absolute Gasteiger partial charge is 0.451 e. The maximum Gasteiger partial charge on any atom is 0.358 e. The van der Waals surface area contributed by atoms with Gasteiger partial charge in [-0.15, -0.1) is 28.1 Å². The zero-order valence-corrected chi connectivity index (χ0v) is 11.8. The van der Waals surface area contributed by atoms with Gasteiger partial charge in [0.15, 0.2) is 17.4 Å². The van der Waals surface area contributed by atoms with E-state index in [1.54, 1.807) is 11.5 Å². The summed E-state index contributed by atoms with van der Waals surface area (Å²) in [6.45, 7) is 6.02. The first kappa shape index (κ1) is 14.2. The average Bonchev–Trinajstić information content (AvgIpc) is 3.11. The fourth-order valence-electron chi connectivity index (χ4n) is 1.30. The first-order chi connectivity index (χ1) is 9.72. The van der Waals surface area contributed by atoms with Crippen LogP contribution in [0.4, 0.5) is 5.13 Å². The van der Waals surface area contributed by atoms with Gasteiger partial charge >= 0.3 is 5.97 Å². The zero-order chi connectivity index (χ0) is 14.4. The van der Waals surface area contributed by atoms with Crippen molar-refractivity contribution in [3.8, 4) is 0 Å². The number of ether oxygens (including phenoxy) is 1. The summed E-state index contributed by atoms with van der Waals surface area (Å²) in [4.78, 5) is 15.9. The second kappa shape index (κ2) is 6.80. The third-order valence-electron chi connectivity index (χ3n) is 2.25. The normalized spacial score (nSPS) is 10.2. The van der Waals surface area contributed by atoms with Crippen molar-refractivity contribution < 1.29 is 13.9 Å². The molecule has 0 bridgehead atoms. The number of carbonyl (C=O) groups excluding carboxylic acids is 1. The van der Waals surface area contributed by atoms with Gasteiger partial charge in [-0.2, -0.15) is 0 Å². The fraction of sp³-hybridized carbons (Fsp3) is 0.333. The maximum atomic E-state index is 11.8. The number of carbonyl (C=O) groups is 1. The molecule has 20 heavy (non-hydrogen) atoms. The Morgan fingerprint density at radius 1 is 1.55 bits per heavy atom. The number of esters is 1. The summed E-state index contributed by atoms with van der Waals surface area (Å²) in [6.07, 6.45) is 2.35. The topological polar surface area (TPSA) is 90.1 Å². The molecule has 2 rings (SSSR count). The van der Waals surface area contributed by atoms with Gasteiger partial charge < -0.3 is 14.5 Å². The smallest absolute Gasteiger partial charge is 0.358 e. The Morgan fingerprint density at radius 2 is 2.35 bits per heavy atom. The summed E-state index contributed by atoms with van der Waals surface area (Å²) in [6, 6.07) is 0. The number of thiazole rings is 1. The van der Waals surface area contributed by atoms with Crippen LogP contribution in [0, 0.1) is 0 Å². The Bertz CT molecular complexity index is 593. The molecular weight excluding hydrogens is 280 g/mol. The molecule has 0 radical (unpaired) electrons. The minimum absolute atomic E-state index is 0.0568. The molecule has 2 heterocycles. The lowest BCUT2D eigenvalue weighted by molar-refractivity contribution is 0.0430. The van der Waals surface area contributed by atoms with Crippen molar-refractivity contribution in [2.45, 2.75) is 20.0 Å². The summed E-state index contributed by atoms with van der Waals surface area (Å²) in [7, 11) is 0. The summed E-state index contributed by atoms with van der Waals surface area (Å²) < 4.78 is 10.3. The highest BCUT2D eigenvalue weighted by molar-refractivity contribution is 7.13. The van der Waals surface area contributed by atoms with Crippen molar-refractivity contribution >= 4 is 22.4 Å². The molecule has 0 fully saturated rings. The Balaban J connectivity index is 1.87. The minimum Gasteiger partial charge on any atom is -0.451 e. The highest BCUT2D eigenvalue weighted by Crippen LogP contribution is 2.16. The van der Waals surface area contributed by atoms with E-state index in [1.165, 1.54) is 11.3 Å². The van der Waals surface area contributed by atoms with Crippen molar-refractivity contribution in [3.05, 3.63) is 35.5 Å². The van der Waals surface area contributed by atoms with Crippen LogP contribution in [-0.4, -0.2) is 27.7 Å². The quantitative estimate of drug-likeness (QED) is 0.617. The molecule has 0 spiro atoms. The van der Waals surface area contributed by atoms with Crippen molar-refractivity contribution in [2.24, 2.45) is 0 Å². The van der Waals surface area contributed by atoms with Crippen molar-refractivity contribution in [3.63, 3.8) is 0 Å². The Kier molecular flexibility index (Phi) is 4.83. The summed E-state index contributed by atoms with van der Waals surface area (Å²) in [5, 5.41) is 12.8. The average molecular weight is 294 g/mol. The lowest BCUT2D eigenvalue weighted by atomic mass is 10.5. The van der Waals surface area contributed by atoms with Crippen LogP contribution in [0.5, 0.6) is 0 Å². The van der Waals surface area contributed by atoms with Gasteiger partial charge in [0.1, 0.15) is 0 Å². The van der Waals surface area contributed by atoms with Crippen LogP contribution in [0.15, 0.2) is 22.5 Å². The Hall–Kier alpha value is -2.22. The highest BCUT2D eigenvalue weighted by atomic mass is 32.1. The number of aromatic nitrogens is 3. The van der Waals surface area contributed by atoms with Gasteiger partial charge in [0.2, 0.25) is 5.89 Å². The predicted octanol–water partition coefficient (Wildman–Crippen LogP) is 2.04. The van der Waals surface area contributed by atoms with Crippen LogP contribution in [0.25, 0.3) is 0 Å². The third-order valence-corrected chi connectivity index (χ3v) is 3.05. The van der Waals surface area contributed by atoms with Crippen LogP contribution in [0.1, 0.15) is 29.2 Å². The van der Waals surface area contributed by atoms with Crippen molar-refractivity contribution in [1.82, 2.24) is 15.2 Å². The molecular formula is C12H14N4O3S. The van der Waals surface area contributed by atoms with Crippen LogP contribution >= 0.6 is 11.3 Å². The first-order valence-electron chi connectivity index (χ1n) is 6.01. The molecule has 2 aromatic heterocycles. The molecule has 0 aromatic carbocycles. The van der Waals surface area contributed by atoms with E-state index in [2.05, 4.69) is 27.1 Å². The van der Waals surface area contributed by atoms with Gasteiger partial charge in [0, 0.05) is 18.3 Å². The molecule has 0 aliphatic heterocycles. The van der Waals surface area contributed by atoms with Crippen LogP contribution in [0.3, 0.4) is 0 Å². The molecule has 0 amide bonds. The number of anilines is 1. The zero-order valence-electron chi connectivity index (χ0n) is 11.0. The maximum absolute atomic E-state index is 11.8. The fourth-order valence-corrected chi connectivity index (χ4v) is 1.99. The summed E-state index contributed by atoms with van der Waals surface area (Å²) >= 11 is 1.32. The molecule has 8 heteroatoms. The number of nitrogens with one attached hydrogen (secondary N) is 1. The molecule has 0 aliphatic rings. The molecule has 7 nitrogen and oxygen atoms in total. The SMILES string of the molecule is C=CCNc1nc(C(=O)OCc2nnc(CC)o2)cs1. The van der Waals surface area contributed by atoms with E-state index in [-0.39, 0.29) is 18.2 Å². The molecule has 0 aliphatic carbocycles. The Labute approximate surface area is 119 Å². The molecule has 0 saturated heterocycles. The van der Waals surface area contributed by atoms with Gasteiger partial charge in [-0.25, -0.2) is 9.78 Å². The molecule has 0 unspecified atom stereocenters. The summed E-state index contributed by atoms with van der Waals surface area (Å²) in [5.41, 5.74) is 0.247. The van der Waals surface area contributed by atoms with Crippen molar-refractivity contribution in [1.29, 1.82) is 0 Å². The molecule has 106 valence electrons. The standard InChI is InChI=1S/C12H14N4O3S/c1-3-5-13-12-14-8(7-20-12)11(17)18-6-10-16-15-9(4-2)19-10/h3,7H,1,4-6H2,2H3,(H,13,14). The molecule has 0 atom stereocenters. The predicted molar refractivity (Wildman–Crippen MR) is 73.6 cm³/mol. The minimum atomic E-state index is -0.524. The van der Waals surface area contributed by atoms with E-state index in [9.17, 15) is 4.79 Å². The Morgan fingerprint density at radius 3 is 3.05 bits per heavy atom. The molecule has 2 aromatic rings. The van der Waals surface area contributed by atoms with E-state index in [0.29, 0.717) is 24.0 Å². The van der Waals surface area contributed by atoms with Gasteiger partial charge in [-0.1, -0.05) is 13.0 Å². The van der Waals surface area contributed by atoms with E-state index in [1.807, 2.05) is 6.92 Å². The van der Waals surface area contributed by atoms with Gasteiger partial charge in [-0.05, 0) is 0 Å². The van der Waals surface area contributed by atoms with E-state index in [4.69, 9.17) is 9.15 Å². The third kappa shape index (κ3) is 3.64. The second-order valence-electron chi connectivity index (χ2n) is 3.73. The van der Waals surface area contributed by atoms with Gasteiger partial charge in [0.25, 0.3) is 5.89 Å². The van der Waals surface area contributed by atoms with E-state index in [0.717, 1.165) is 0 Å². The number of hydrogen-bond acceptors (Lipinski definition) is 8. The second-order valence-corrected chi connectivity index (χ2v) is 4.58. The van der Waals surface area contributed by atoms with Gasteiger partial charge in [-0.3, -0.25) is 0 Å². The highest BCUT2D eigenvalue weighted by Gasteiger charge is 2.14. The van der Waals surface area contributed by atoms with E-state index >= 15 is 0 Å². The number of hydrogen-bond donors (Lipinski definition) is 1. The van der Waals surface area contributed by atoms with E-state index < -0.39 is 5.97 Å². The van der Waals surface area contributed by atoms with Crippen LogP contribution in [-0.2, 0) is 17.8 Å².